The van der Waals surface area contributed by atoms with Crippen molar-refractivity contribution >= 4 is 33.2 Å². The highest BCUT2D eigenvalue weighted by atomic mass is 14.8. The summed E-state index contributed by atoms with van der Waals surface area (Å²) in [6, 6.07) is 22.1. The van der Waals surface area contributed by atoms with Crippen LogP contribution >= 0.6 is 0 Å². The lowest BCUT2D eigenvalue weighted by molar-refractivity contribution is 0.530. The van der Waals surface area contributed by atoms with E-state index in [2.05, 4.69) is 71.4 Å². The van der Waals surface area contributed by atoms with Crippen LogP contribution in [0.15, 0.2) is 64.6 Å². The van der Waals surface area contributed by atoms with Gasteiger partial charge in [0.05, 0.1) is 11.7 Å². The zero-order valence-electron chi connectivity index (χ0n) is 22.1. The molecule has 0 bridgehead atoms. The first-order valence-corrected chi connectivity index (χ1v) is 14.4. The second kappa shape index (κ2) is 17.1. The Morgan fingerprint density at radius 3 is 1.66 bits per heavy atom. The van der Waals surface area contributed by atoms with Crippen LogP contribution in [0.1, 0.15) is 110 Å². The molecule has 0 saturated heterocycles. The first kappa shape index (κ1) is 27.2. The van der Waals surface area contributed by atoms with Gasteiger partial charge in [0.2, 0.25) is 0 Å². The zero-order chi connectivity index (χ0) is 24.4. The second-order valence-electron chi connectivity index (χ2n) is 10.1. The minimum atomic E-state index is 0.829. The number of fused-ring (bicyclic) bond motifs is 2. The molecule has 0 spiro atoms. The van der Waals surface area contributed by atoms with Gasteiger partial charge in [-0.3, -0.25) is 0 Å². The van der Waals surface area contributed by atoms with Gasteiger partial charge in [0, 0.05) is 11.9 Å². The summed E-state index contributed by atoms with van der Waals surface area (Å²) in [7, 11) is 0. The van der Waals surface area contributed by atoms with Crippen molar-refractivity contribution in [2.75, 3.05) is 6.54 Å². The van der Waals surface area contributed by atoms with Crippen LogP contribution in [0.25, 0.3) is 21.5 Å². The molecule has 0 aliphatic heterocycles. The minimum Gasteiger partial charge on any atom is -0.225 e. The fraction of sp³-hybridized carbons (Fsp3) is 0.545. The summed E-state index contributed by atoms with van der Waals surface area (Å²) < 4.78 is 0. The van der Waals surface area contributed by atoms with Gasteiger partial charge in [0.25, 0.3) is 0 Å². The molecule has 0 aromatic heterocycles. The van der Waals surface area contributed by atoms with Crippen molar-refractivity contribution in [3.05, 3.63) is 54.6 Å². The van der Waals surface area contributed by atoms with Gasteiger partial charge in [-0.2, -0.15) is 4.99 Å². The second-order valence-corrected chi connectivity index (χ2v) is 10.1. The minimum absolute atomic E-state index is 0.829. The molecule has 0 amide bonds. The Balaban J connectivity index is 1.22. The molecule has 0 aliphatic carbocycles. The van der Waals surface area contributed by atoms with Crippen LogP contribution in [-0.4, -0.2) is 12.6 Å². The third kappa shape index (κ3) is 10.4. The Labute approximate surface area is 214 Å². The fourth-order valence-corrected chi connectivity index (χ4v) is 4.93. The zero-order valence-corrected chi connectivity index (χ0v) is 22.1. The molecule has 0 radical (unpaired) electrons. The first-order chi connectivity index (χ1) is 17.4. The molecule has 0 atom stereocenters. The highest BCUT2D eigenvalue weighted by Crippen LogP contribution is 2.29. The number of nitrogens with zero attached hydrogens (tertiary/aromatic N) is 2. The van der Waals surface area contributed by atoms with Crippen molar-refractivity contribution in [2.24, 2.45) is 9.98 Å². The molecule has 3 rings (SSSR count). The number of rotatable bonds is 18. The van der Waals surface area contributed by atoms with E-state index in [1.54, 1.807) is 0 Å². The van der Waals surface area contributed by atoms with E-state index in [1.165, 1.54) is 112 Å². The topological polar surface area (TPSA) is 24.7 Å². The summed E-state index contributed by atoms with van der Waals surface area (Å²) in [5, 5.41) is 4.88. The van der Waals surface area contributed by atoms with Gasteiger partial charge in [-0.05, 0) is 40.8 Å². The predicted octanol–water partition coefficient (Wildman–Crippen LogP) is 11.1. The lowest BCUT2D eigenvalue weighted by Crippen LogP contribution is -1.85. The largest absolute Gasteiger partial charge is 0.225 e. The molecule has 0 unspecified atom stereocenters. The highest BCUT2D eigenvalue weighted by molar-refractivity contribution is 6.03. The molecule has 35 heavy (non-hydrogen) atoms. The first-order valence-electron chi connectivity index (χ1n) is 14.4. The van der Waals surface area contributed by atoms with E-state index in [4.69, 9.17) is 0 Å². The van der Waals surface area contributed by atoms with Gasteiger partial charge < -0.3 is 0 Å². The maximum Gasteiger partial charge on any atom is 0.0949 e. The summed E-state index contributed by atoms with van der Waals surface area (Å²) in [6.07, 6.45) is 22.3. The lowest BCUT2D eigenvalue weighted by Gasteiger charge is -2.04. The molecule has 0 heterocycles. The van der Waals surface area contributed by atoms with Crippen LogP contribution in [0.5, 0.6) is 0 Å². The Morgan fingerprint density at radius 2 is 1.06 bits per heavy atom. The number of unbranched alkanes of at least 4 members (excludes halogenated alkanes) is 15. The Hall–Kier alpha value is -2.44. The van der Waals surface area contributed by atoms with E-state index in [1.807, 2.05) is 6.07 Å². The molecule has 0 fully saturated rings. The van der Waals surface area contributed by atoms with Crippen LogP contribution in [0, 0.1) is 0 Å². The molecule has 2 heteroatoms. The summed E-state index contributed by atoms with van der Waals surface area (Å²) in [5.74, 6) is 0. The van der Waals surface area contributed by atoms with E-state index >= 15 is 0 Å². The summed E-state index contributed by atoms with van der Waals surface area (Å²) in [5.41, 5.74) is 0.948. The van der Waals surface area contributed by atoms with Crippen molar-refractivity contribution in [3.8, 4) is 0 Å². The fourth-order valence-electron chi connectivity index (χ4n) is 4.93. The number of hydrogen-bond acceptors (Lipinski definition) is 2. The quantitative estimate of drug-likeness (QED) is 0.100. The van der Waals surface area contributed by atoms with Crippen LogP contribution in [0.3, 0.4) is 0 Å². The molecule has 0 N–H and O–H groups in total. The molecule has 0 saturated carbocycles. The summed E-state index contributed by atoms with van der Waals surface area (Å²) >= 11 is 0. The Morgan fingerprint density at radius 1 is 0.543 bits per heavy atom. The van der Waals surface area contributed by atoms with Gasteiger partial charge in [0.15, 0.2) is 0 Å². The van der Waals surface area contributed by atoms with Gasteiger partial charge in [0.1, 0.15) is 0 Å². The Bertz CT molecular complexity index is 1050. The number of benzene rings is 3. The third-order valence-corrected chi connectivity index (χ3v) is 7.09. The van der Waals surface area contributed by atoms with Crippen LogP contribution < -0.4 is 0 Å². The normalized spacial score (nSPS) is 11.1. The molecule has 0 aliphatic rings. The predicted molar refractivity (Wildman–Crippen MR) is 155 cm³/mol. The Kier molecular flexibility index (Phi) is 13.2. The van der Waals surface area contributed by atoms with E-state index < -0.39 is 0 Å². The van der Waals surface area contributed by atoms with Crippen molar-refractivity contribution in [3.63, 3.8) is 0 Å². The summed E-state index contributed by atoms with van der Waals surface area (Å²) in [6.45, 7) is 3.12. The van der Waals surface area contributed by atoms with Gasteiger partial charge in [-0.25, -0.2) is 4.99 Å². The van der Waals surface area contributed by atoms with Crippen LogP contribution in [-0.2, 0) is 0 Å². The smallest absolute Gasteiger partial charge is 0.0949 e. The molecule has 3 aromatic carbocycles. The van der Waals surface area contributed by atoms with Crippen molar-refractivity contribution in [2.45, 2.75) is 110 Å². The van der Waals surface area contributed by atoms with Gasteiger partial charge in [-0.15, -0.1) is 0 Å². The van der Waals surface area contributed by atoms with Gasteiger partial charge in [-0.1, -0.05) is 140 Å². The lowest BCUT2D eigenvalue weighted by atomic mass is 10.0. The standard InChI is InChI=1S/C33H46N2/c1-2-3-4-5-6-7-8-9-10-11-12-13-14-15-16-19-25-34-28-35-33-24-20-23-31-26-29-21-17-18-22-30(29)27-32(31)33/h17-18,20-24,26-27H,2-16,19,25H2,1H3. The average Bonchev–Trinajstić information content (AvgIpc) is 2.89. The van der Waals surface area contributed by atoms with E-state index in [0.29, 0.717) is 0 Å². The van der Waals surface area contributed by atoms with Crippen molar-refractivity contribution < 1.29 is 0 Å². The molecular weight excluding hydrogens is 424 g/mol. The van der Waals surface area contributed by atoms with E-state index in [9.17, 15) is 0 Å². The van der Waals surface area contributed by atoms with Crippen molar-refractivity contribution in [1.29, 1.82) is 0 Å². The van der Waals surface area contributed by atoms with E-state index in [-0.39, 0.29) is 0 Å². The van der Waals surface area contributed by atoms with Crippen molar-refractivity contribution in [1.82, 2.24) is 0 Å². The monoisotopic (exact) mass is 470 g/mol. The molecule has 3 aromatic rings. The number of aliphatic imine (C=N–C) groups is 2. The molecule has 188 valence electrons. The maximum absolute atomic E-state index is 4.54. The third-order valence-electron chi connectivity index (χ3n) is 7.09. The number of hydrogen-bond donors (Lipinski definition) is 0. The molecular formula is C33H46N2. The maximum atomic E-state index is 4.54. The average molecular weight is 471 g/mol. The van der Waals surface area contributed by atoms with Crippen LogP contribution in [0.2, 0.25) is 0 Å². The van der Waals surface area contributed by atoms with Crippen LogP contribution in [0.4, 0.5) is 5.69 Å². The van der Waals surface area contributed by atoms with Gasteiger partial charge >= 0.3 is 0 Å². The van der Waals surface area contributed by atoms with E-state index in [0.717, 1.165) is 24.0 Å². The SMILES string of the molecule is CCCCCCCCCCCCCCCCCCN=C=Nc1cccc2cc3ccccc3cc12. The highest BCUT2D eigenvalue weighted by Gasteiger charge is 2.02. The summed E-state index contributed by atoms with van der Waals surface area (Å²) in [4.78, 5) is 8.96. The molecule has 2 nitrogen and oxygen atoms in total.